The van der Waals surface area contributed by atoms with Crippen LogP contribution in [0, 0.1) is 0 Å². The van der Waals surface area contributed by atoms with Gasteiger partial charge in [-0.05, 0) is 79.7 Å². The number of furan rings is 1. The minimum Gasteiger partial charge on any atom is -0.455 e. The summed E-state index contributed by atoms with van der Waals surface area (Å²) in [6.07, 6.45) is 0. The molecule has 0 N–H and O–H groups in total. The maximum atomic E-state index is 6.77. The standard InChI is InChI=1S/C52H32N2O/c1-2-10-33(11-3-1)35-20-25-39(26-21-35)50-44-16-8-9-17-47(44)53-52(54-50)42-31-45(51-46(32-42)49-43-15-7-6-13-37(43)28-29-48(49)55-51)38-23-18-36(19-24-38)41-27-22-34-12-4-5-14-40(34)30-41/h1-32H. The molecule has 0 bridgehead atoms. The van der Waals surface area contributed by atoms with Crippen LogP contribution in [0.15, 0.2) is 199 Å². The molecule has 9 aromatic carbocycles. The van der Waals surface area contributed by atoms with Crippen molar-refractivity contribution in [3.8, 4) is 56.0 Å². The lowest BCUT2D eigenvalue weighted by molar-refractivity contribution is 0.670. The number of para-hydroxylation sites is 1. The summed E-state index contributed by atoms with van der Waals surface area (Å²) < 4.78 is 6.77. The lowest BCUT2D eigenvalue weighted by atomic mass is 9.95. The predicted molar refractivity (Wildman–Crippen MR) is 229 cm³/mol. The first-order valence-electron chi connectivity index (χ1n) is 18.6. The van der Waals surface area contributed by atoms with E-state index < -0.39 is 0 Å². The van der Waals surface area contributed by atoms with Gasteiger partial charge in [-0.3, -0.25) is 0 Å². The van der Waals surface area contributed by atoms with Gasteiger partial charge in [0.15, 0.2) is 5.82 Å². The van der Waals surface area contributed by atoms with Crippen molar-refractivity contribution in [3.63, 3.8) is 0 Å². The van der Waals surface area contributed by atoms with Gasteiger partial charge in [0.2, 0.25) is 0 Å². The van der Waals surface area contributed by atoms with E-state index in [0.29, 0.717) is 5.82 Å². The fraction of sp³-hybridized carbons (Fsp3) is 0. The van der Waals surface area contributed by atoms with Gasteiger partial charge in [0.1, 0.15) is 11.2 Å². The van der Waals surface area contributed by atoms with E-state index in [0.717, 1.165) is 66.2 Å². The maximum Gasteiger partial charge on any atom is 0.160 e. The van der Waals surface area contributed by atoms with Crippen LogP contribution < -0.4 is 0 Å². The summed E-state index contributed by atoms with van der Waals surface area (Å²) in [4.78, 5) is 10.6. The van der Waals surface area contributed by atoms with E-state index in [4.69, 9.17) is 14.4 Å². The Bertz CT molecular complexity index is 3230. The molecule has 11 rings (SSSR count). The third kappa shape index (κ3) is 5.36. The van der Waals surface area contributed by atoms with Crippen LogP contribution in [0.4, 0.5) is 0 Å². The predicted octanol–water partition coefficient (Wildman–Crippen LogP) is 14.2. The van der Waals surface area contributed by atoms with Gasteiger partial charge in [-0.2, -0.15) is 0 Å². The second-order valence-electron chi connectivity index (χ2n) is 14.2. The van der Waals surface area contributed by atoms with E-state index in [9.17, 15) is 0 Å². The molecule has 0 aliphatic carbocycles. The highest BCUT2D eigenvalue weighted by molar-refractivity contribution is 6.21. The molecule has 0 amide bonds. The highest BCUT2D eigenvalue weighted by Crippen LogP contribution is 2.43. The quantitative estimate of drug-likeness (QED) is 0.179. The largest absolute Gasteiger partial charge is 0.455 e. The Kier molecular flexibility index (Phi) is 7.17. The minimum atomic E-state index is 0.673. The molecule has 55 heavy (non-hydrogen) atoms. The van der Waals surface area contributed by atoms with Crippen molar-refractivity contribution < 1.29 is 4.42 Å². The molecule has 0 atom stereocenters. The molecule has 0 fully saturated rings. The average molecular weight is 701 g/mol. The zero-order valence-corrected chi connectivity index (χ0v) is 29.8. The Morgan fingerprint density at radius 3 is 1.76 bits per heavy atom. The fourth-order valence-corrected chi connectivity index (χ4v) is 8.08. The summed E-state index contributed by atoms with van der Waals surface area (Å²) >= 11 is 0. The van der Waals surface area contributed by atoms with Crippen LogP contribution in [0.2, 0.25) is 0 Å². The van der Waals surface area contributed by atoms with Gasteiger partial charge in [-0.25, -0.2) is 9.97 Å². The molecule has 0 spiro atoms. The molecule has 0 unspecified atom stereocenters. The summed E-state index contributed by atoms with van der Waals surface area (Å²) in [5, 5.41) is 7.96. The lowest BCUT2D eigenvalue weighted by Crippen LogP contribution is -1.96. The summed E-state index contributed by atoms with van der Waals surface area (Å²) in [6.45, 7) is 0. The number of fused-ring (bicyclic) bond motifs is 7. The van der Waals surface area contributed by atoms with E-state index in [-0.39, 0.29) is 0 Å². The summed E-state index contributed by atoms with van der Waals surface area (Å²) in [5.41, 5.74) is 12.3. The third-order valence-corrected chi connectivity index (χ3v) is 10.9. The number of benzene rings is 9. The Balaban J connectivity index is 1.11. The zero-order valence-electron chi connectivity index (χ0n) is 29.8. The third-order valence-electron chi connectivity index (χ3n) is 10.9. The average Bonchev–Trinajstić information content (AvgIpc) is 3.65. The normalized spacial score (nSPS) is 11.6. The van der Waals surface area contributed by atoms with E-state index in [1.54, 1.807) is 0 Å². The molecule has 2 aromatic heterocycles. The van der Waals surface area contributed by atoms with E-state index >= 15 is 0 Å². The van der Waals surface area contributed by atoms with Crippen LogP contribution in [-0.2, 0) is 0 Å². The second kappa shape index (κ2) is 12.6. The zero-order chi connectivity index (χ0) is 36.3. The van der Waals surface area contributed by atoms with Gasteiger partial charge in [-0.1, -0.05) is 164 Å². The summed E-state index contributed by atoms with van der Waals surface area (Å²) in [6, 6.07) is 68.6. The number of rotatable bonds is 5. The Morgan fingerprint density at radius 2 is 0.945 bits per heavy atom. The molecular weight excluding hydrogens is 669 g/mol. The first-order chi connectivity index (χ1) is 27.2. The molecule has 0 saturated heterocycles. The summed E-state index contributed by atoms with van der Waals surface area (Å²) in [5.74, 6) is 0.673. The van der Waals surface area contributed by atoms with Crippen LogP contribution in [0.25, 0.3) is 110 Å². The molecule has 0 saturated carbocycles. The molecular formula is C52H32N2O. The van der Waals surface area contributed by atoms with Crippen molar-refractivity contribution in [2.45, 2.75) is 0 Å². The van der Waals surface area contributed by atoms with Crippen LogP contribution >= 0.6 is 0 Å². The first kappa shape index (κ1) is 31.2. The molecule has 3 nitrogen and oxygen atoms in total. The van der Waals surface area contributed by atoms with Crippen molar-refractivity contribution in [2.75, 3.05) is 0 Å². The number of nitrogens with zero attached hydrogens (tertiary/aromatic N) is 2. The number of aromatic nitrogens is 2. The maximum absolute atomic E-state index is 6.77. The Morgan fingerprint density at radius 1 is 0.345 bits per heavy atom. The van der Waals surface area contributed by atoms with E-state index in [2.05, 4.69) is 182 Å². The molecule has 0 aliphatic rings. The van der Waals surface area contributed by atoms with Crippen molar-refractivity contribution in [3.05, 3.63) is 194 Å². The van der Waals surface area contributed by atoms with E-state index in [1.807, 2.05) is 12.1 Å². The van der Waals surface area contributed by atoms with Crippen LogP contribution in [0.1, 0.15) is 0 Å². The summed E-state index contributed by atoms with van der Waals surface area (Å²) in [7, 11) is 0. The van der Waals surface area contributed by atoms with Gasteiger partial charge in [0.25, 0.3) is 0 Å². The van der Waals surface area contributed by atoms with Gasteiger partial charge < -0.3 is 4.42 Å². The van der Waals surface area contributed by atoms with Crippen LogP contribution in [-0.4, -0.2) is 9.97 Å². The van der Waals surface area contributed by atoms with Crippen molar-refractivity contribution >= 4 is 54.4 Å². The minimum absolute atomic E-state index is 0.673. The van der Waals surface area contributed by atoms with Gasteiger partial charge >= 0.3 is 0 Å². The second-order valence-corrected chi connectivity index (χ2v) is 14.2. The monoisotopic (exact) mass is 700 g/mol. The molecule has 256 valence electrons. The molecule has 0 radical (unpaired) electrons. The molecule has 3 heteroatoms. The van der Waals surface area contributed by atoms with E-state index in [1.165, 1.54) is 38.4 Å². The Hall–Kier alpha value is -7.36. The molecule has 11 aromatic rings. The fourth-order valence-electron chi connectivity index (χ4n) is 8.08. The SMILES string of the molecule is c1ccc(-c2ccc(-c3nc(-c4cc(-c5ccc(-c6ccc7ccccc7c6)cc5)c5oc6ccc7ccccc7c6c5c4)nc4ccccc34)cc2)cc1. The first-order valence-corrected chi connectivity index (χ1v) is 18.6. The van der Waals surface area contributed by atoms with Crippen LogP contribution in [0.5, 0.6) is 0 Å². The number of hydrogen-bond donors (Lipinski definition) is 0. The smallest absolute Gasteiger partial charge is 0.160 e. The van der Waals surface area contributed by atoms with Gasteiger partial charge in [-0.15, -0.1) is 0 Å². The van der Waals surface area contributed by atoms with Gasteiger partial charge in [0.05, 0.1) is 11.2 Å². The Labute approximate surface area is 317 Å². The number of hydrogen-bond acceptors (Lipinski definition) is 3. The highest BCUT2D eigenvalue weighted by Gasteiger charge is 2.20. The molecule has 0 aliphatic heterocycles. The van der Waals surface area contributed by atoms with Gasteiger partial charge in [0, 0.05) is 32.8 Å². The lowest BCUT2D eigenvalue weighted by Gasteiger charge is -2.12. The van der Waals surface area contributed by atoms with Crippen molar-refractivity contribution in [1.82, 2.24) is 9.97 Å². The van der Waals surface area contributed by atoms with Crippen molar-refractivity contribution in [2.24, 2.45) is 0 Å². The highest BCUT2D eigenvalue weighted by atomic mass is 16.3. The molecule has 2 heterocycles. The van der Waals surface area contributed by atoms with Crippen LogP contribution in [0.3, 0.4) is 0 Å². The van der Waals surface area contributed by atoms with Crippen molar-refractivity contribution in [1.29, 1.82) is 0 Å². The topological polar surface area (TPSA) is 38.9 Å².